The summed E-state index contributed by atoms with van der Waals surface area (Å²) in [7, 11) is -7.03. The minimum Gasteiger partial charge on any atom is -0.550 e. The van der Waals surface area contributed by atoms with Crippen LogP contribution in [0.5, 0.6) is 0 Å². The van der Waals surface area contributed by atoms with Crippen LogP contribution in [0.1, 0.15) is 194 Å². The molecule has 0 fully saturated rings. The van der Waals surface area contributed by atoms with Gasteiger partial charge < -0.3 is 19.8 Å². The molecule has 10 nitrogen and oxygen atoms in total. The van der Waals surface area contributed by atoms with Gasteiger partial charge in [0.2, 0.25) is 20.0 Å². The van der Waals surface area contributed by atoms with Crippen LogP contribution in [0.4, 0.5) is 0 Å². The van der Waals surface area contributed by atoms with Crippen LogP contribution in [-0.4, -0.2) is 79.6 Å². The first-order valence-electron chi connectivity index (χ1n) is 19.7. The molecule has 0 aliphatic rings. The van der Waals surface area contributed by atoms with Crippen LogP contribution in [0.15, 0.2) is 23.0 Å². The normalized spacial score (nSPS) is 11.8. The van der Waals surface area contributed by atoms with Crippen molar-refractivity contribution in [1.29, 1.82) is 0 Å². The van der Waals surface area contributed by atoms with Gasteiger partial charge in [0.25, 0.3) is 0 Å². The maximum Gasteiger partial charge on any atom is 2.00 e. The van der Waals surface area contributed by atoms with Gasteiger partial charge in [-0.15, -0.1) is 0 Å². The molecule has 0 radical (unpaired) electrons. The number of carboxylic acids is 2. The summed E-state index contributed by atoms with van der Waals surface area (Å²) in [6, 6.07) is 0. The molecule has 296 valence electrons. The van der Waals surface area contributed by atoms with E-state index in [1.165, 1.54) is 128 Å². The Bertz CT molecular complexity index is 984. The zero-order valence-corrected chi connectivity index (χ0v) is 36.2. The zero-order valence-electron chi connectivity index (χ0n) is 32.3. The van der Waals surface area contributed by atoms with Gasteiger partial charge in [-0.3, -0.25) is 0 Å². The van der Waals surface area contributed by atoms with Gasteiger partial charge in [-0.1, -0.05) is 167 Å². The van der Waals surface area contributed by atoms with Crippen LogP contribution in [0.2, 0.25) is 0 Å². The second kappa shape index (κ2) is 40.7. The van der Waals surface area contributed by atoms with Crippen LogP contribution < -0.4 is 19.7 Å². The number of rotatable bonds is 36. The number of allylic oxidation sites excluding steroid dienone is 2. The van der Waals surface area contributed by atoms with Crippen molar-refractivity contribution in [2.75, 3.05) is 13.1 Å². The van der Waals surface area contributed by atoms with Crippen molar-refractivity contribution < 1.29 is 36.6 Å². The van der Waals surface area contributed by atoms with E-state index in [-0.39, 0.29) is 63.7 Å². The molecule has 0 spiro atoms. The fourth-order valence-electron chi connectivity index (χ4n) is 5.28. The molecule has 0 saturated carbocycles. The number of unbranched alkanes of at least 4 members (excludes halogenated alkanes) is 24. The summed E-state index contributed by atoms with van der Waals surface area (Å²) in [4.78, 5) is 20.4. The van der Waals surface area contributed by atoms with Crippen LogP contribution in [-0.2, 0) is 29.6 Å². The van der Waals surface area contributed by atoms with Crippen molar-refractivity contribution in [3.8, 4) is 0 Å². The summed E-state index contributed by atoms with van der Waals surface area (Å²) < 4.78 is 50.5. The zero-order chi connectivity index (χ0) is 37.6. The molecule has 0 aromatic rings. The molecule has 0 rings (SSSR count). The van der Waals surface area contributed by atoms with E-state index >= 15 is 0 Å². The van der Waals surface area contributed by atoms with E-state index in [0.717, 1.165) is 49.3 Å². The van der Waals surface area contributed by atoms with Gasteiger partial charge in [0.1, 0.15) is 0 Å². The number of carbonyl (C=O) groups excluding carboxylic acids is 2. The Labute approximate surface area is 343 Å². The quantitative estimate of drug-likeness (QED) is 0.0509. The Morgan fingerprint density at radius 1 is 0.451 bits per heavy atom. The number of hydrogen-bond donors (Lipinski definition) is 2. The number of nitrogens with one attached hydrogen (secondary N) is 2. The van der Waals surface area contributed by atoms with Crippen molar-refractivity contribution in [2.45, 2.75) is 194 Å². The number of hydrogen-bond acceptors (Lipinski definition) is 8. The molecule has 0 atom stereocenters. The standard InChI is InChI=1S/2C19H37NO4S.Ca/c2*1-2-3-4-5-6-7-8-9-10-11-12-13-14-15-18-25(23,24)20-17-16-19(21)22;/h2*15,18,20H,2-14,16-17H2,1H3,(H,21,22);/q;;+2/p-2/b2*18-15+;. The Hall–Kier alpha value is -0.500. The van der Waals surface area contributed by atoms with Gasteiger partial charge in [0.15, 0.2) is 0 Å². The molecule has 0 heterocycles. The van der Waals surface area contributed by atoms with Crippen molar-refractivity contribution in [3.05, 3.63) is 23.0 Å². The smallest absolute Gasteiger partial charge is 0.550 e. The summed E-state index contributed by atoms with van der Waals surface area (Å²) in [5.74, 6) is -2.52. The molecule has 0 aromatic carbocycles. The SMILES string of the molecule is CCCCCCCCCCCCCC/C=C/S(=O)(=O)NCCC(=O)[O-].CCCCCCCCCCCCCC/C=C/S(=O)(=O)NCCC(=O)[O-].[Ca+2]. The Kier molecular flexibility index (Phi) is 43.7. The molecule has 51 heavy (non-hydrogen) atoms. The van der Waals surface area contributed by atoms with Gasteiger partial charge in [-0.25, -0.2) is 26.3 Å². The van der Waals surface area contributed by atoms with E-state index in [2.05, 4.69) is 23.3 Å². The molecule has 0 aromatic heterocycles. The monoisotopic (exact) mass is 788 g/mol. The Morgan fingerprint density at radius 3 is 0.922 bits per heavy atom. The fourth-order valence-corrected chi connectivity index (χ4v) is 7.03. The predicted octanol–water partition coefficient (Wildman–Crippen LogP) is 6.92. The fraction of sp³-hybridized carbons (Fsp3) is 0.842. The van der Waals surface area contributed by atoms with Gasteiger partial charge in [0, 0.05) is 48.7 Å². The van der Waals surface area contributed by atoms with Crippen LogP contribution in [0.25, 0.3) is 0 Å². The van der Waals surface area contributed by atoms with Crippen LogP contribution >= 0.6 is 0 Å². The molecule has 0 unspecified atom stereocenters. The average molecular weight is 789 g/mol. The molecule has 0 amide bonds. The molecule has 0 aliphatic carbocycles. The summed E-state index contributed by atoms with van der Waals surface area (Å²) in [6.07, 6.45) is 34.9. The summed E-state index contributed by atoms with van der Waals surface area (Å²) in [5, 5.41) is 22.7. The number of carboxylic acid groups (broad SMARTS) is 2. The van der Waals surface area contributed by atoms with Gasteiger partial charge in [-0.05, 0) is 25.7 Å². The summed E-state index contributed by atoms with van der Waals surface area (Å²) in [6.45, 7) is 4.22. The van der Waals surface area contributed by atoms with Crippen molar-refractivity contribution in [1.82, 2.24) is 9.44 Å². The Balaban J connectivity index is -0.000000886. The van der Waals surface area contributed by atoms with Gasteiger partial charge in [0.05, 0.1) is 0 Å². The largest absolute Gasteiger partial charge is 2.00 e. The molecule has 2 N–H and O–H groups in total. The first-order chi connectivity index (χ1) is 24.0. The second-order valence-corrected chi connectivity index (χ2v) is 16.5. The van der Waals surface area contributed by atoms with Gasteiger partial charge in [-0.2, -0.15) is 0 Å². The summed E-state index contributed by atoms with van der Waals surface area (Å²) in [5.41, 5.74) is 0. The van der Waals surface area contributed by atoms with Crippen molar-refractivity contribution in [2.24, 2.45) is 0 Å². The Morgan fingerprint density at radius 2 is 0.686 bits per heavy atom. The molecular weight excluding hydrogens is 717 g/mol. The van der Waals surface area contributed by atoms with Crippen molar-refractivity contribution in [3.63, 3.8) is 0 Å². The maximum absolute atomic E-state index is 11.5. The van der Waals surface area contributed by atoms with Crippen LogP contribution in [0, 0.1) is 0 Å². The maximum atomic E-state index is 11.5. The molecular formula is C38H72CaN2O8S2. The number of aliphatic carboxylic acids is 2. The number of carbonyl (C=O) groups is 2. The molecule has 0 bridgehead atoms. The van der Waals surface area contributed by atoms with E-state index in [4.69, 9.17) is 0 Å². The van der Waals surface area contributed by atoms with Crippen molar-refractivity contribution >= 4 is 69.7 Å². The molecule has 0 aliphatic heterocycles. The molecule has 13 heteroatoms. The number of sulfonamides is 2. The van der Waals surface area contributed by atoms with E-state index in [1.807, 2.05) is 0 Å². The predicted molar refractivity (Wildman–Crippen MR) is 209 cm³/mol. The third kappa shape index (κ3) is 49.5. The molecule has 0 saturated heterocycles. The third-order valence-electron chi connectivity index (χ3n) is 8.26. The first-order valence-corrected chi connectivity index (χ1v) is 22.8. The van der Waals surface area contributed by atoms with E-state index < -0.39 is 32.0 Å². The van der Waals surface area contributed by atoms with E-state index in [9.17, 15) is 36.6 Å². The topological polar surface area (TPSA) is 173 Å². The minimum atomic E-state index is -3.52. The minimum absolute atomic E-state index is 0. The van der Waals surface area contributed by atoms with Crippen LogP contribution in [0.3, 0.4) is 0 Å². The first kappa shape index (κ1) is 54.8. The third-order valence-corrected chi connectivity index (χ3v) is 10.6. The van der Waals surface area contributed by atoms with Gasteiger partial charge >= 0.3 is 37.7 Å². The van der Waals surface area contributed by atoms with E-state index in [0.29, 0.717) is 0 Å². The summed E-state index contributed by atoms with van der Waals surface area (Å²) >= 11 is 0. The van der Waals surface area contributed by atoms with E-state index in [1.54, 1.807) is 12.2 Å². The average Bonchev–Trinajstić information content (AvgIpc) is 3.04. The second-order valence-electron chi connectivity index (χ2n) is 13.2.